The molecule has 0 saturated heterocycles. The highest BCUT2D eigenvalue weighted by molar-refractivity contribution is 8.00. The maximum Gasteiger partial charge on any atom is 0.153 e. The summed E-state index contributed by atoms with van der Waals surface area (Å²) >= 11 is 1.03. The van der Waals surface area contributed by atoms with Crippen LogP contribution < -0.4 is 0 Å². The van der Waals surface area contributed by atoms with Crippen molar-refractivity contribution in [2.45, 2.75) is 37.3 Å². The summed E-state index contributed by atoms with van der Waals surface area (Å²) < 4.78 is 13.5. The highest BCUT2D eigenvalue weighted by Crippen LogP contribution is 2.31. The Balaban J connectivity index is 3.69. The van der Waals surface area contributed by atoms with E-state index in [4.69, 9.17) is 10.4 Å². The van der Waals surface area contributed by atoms with Crippen LogP contribution >= 0.6 is 11.8 Å². The number of nitriles is 1. The molecule has 82 valence electrons. The van der Waals surface area contributed by atoms with Crippen molar-refractivity contribution in [3.8, 4) is 6.07 Å². The second kappa shape index (κ2) is 7.04. The van der Waals surface area contributed by atoms with Gasteiger partial charge in [-0.2, -0.15) is 5.26 Å². The van der Waals surface area contributed by atoms with Crippen LogP contribution in [0.15, 0.2) is 0 Å². The highest BCUT2D eigenvalue weighted by Gasteiger charge is 2.24. The zero-order chi connectivity index (χ0) is 11.0. The Morgan fingerprint density at radius 1 is 1.64 bits per heavy atom. The fraction of sp³-hybridized carbons (Fsp3) is 0.889. The molecule has 2 atom stereocenters. The minimum absolute atomic E-state index is 0.0424. The summed E-state index contributed by atoms with van der Waals surface area (Å²) in [6.45, 7) is 1.37. The Morgan fingerprint density at radius 3 is 2.79 bits per heavy atom. The molecular weight excluding hydrogens is 205 g/mol. The molecule has 0 aliphatic carbocycles. The molecule has 5 heteroatoms. The first-order chi connectivity index (χ1) is 6.52. The van der Waals surface area contributed by atoms with Gasteiger partial charge in [-0.25, -0.2) is 4.39 Å². The lowest BCUT2D eigenvalue weighted by Gasteiger charge is -2.20. The number of nitrogens with zero attached hydrogens (tertiary/aromatic N) is 1. The molecule has 0 spiro atoms. The molecule has 2 unspecified atom stereocenters. The van der Waals surface area contributed by atoms with Crippen molar-refractivity contribution in [2.24, 2.45) is 0 Å². The number of rotatable bonds is 7. The Labute approximate surface area is 87.9 Å². The minimum Gasteiger partial charge on any atom is -0.396 e. The van der Waals surface area contributed by atoms with Gasteiger partial charge in [0.05, 0.1) is 25.2 Å². The maximum atomic E-state index is 13.5. The van der Waals surface area contributed by atoms with E-state index in [2.05, 4.69) is 0 Å². The van der Waals surface area contributed by atoms with Crippen LogP contribution in [-0.2, 0) is 0 Å². The monoisotopic (exact) mass is 221 g/mol. The third-order valence-corrected chi connectivity index (χ3v) is 2.94. The summed E-state index contributed by atoms with van der Waals surface area (Å²) in [6, 6.07) is 1.83. The molecular formula is C9H16FNO2S. The molecule has 0 aromatic heterocycles. The standard InChI is InChI=1S/C9H16FNO2S/c1-9(10,14-7-6-12)4-2-8(13)3-5-11/h8,12-13H,2-4,6-7H2,1H3. The molecule has 0 fully saturated rings. The molecule has 3 nitrogen and oxygen atoms in total. The summed E-state index contributed by atoms with van der Waals surface area (Å²) in [6.07, 6.45) is -0.231. The first-order valence-electron chi connectivity index (χ1n) is 4.50. The van der Waals surface area contributed by atoms with Crippen LogP contribution in [-0.4, -0.2) is 33.7 Å². The largest absolute Gasteiger partial charge is 0.396 e. The molecule has 0 bridgehead atoms. The molecule has 0 aliphatic heterocycles. The average Bonchev–Trinajstić information content (AvgIpc) is 2.13. The van der Waals surface area contributed by atoms with E-state index in [-0.39, 0.29) is 25.9 Å². The van der Waals surface area contributed by atoms with Gasteiger partial charge in [0.2, 0.25) is 0 Å². The van der Waals surface area contributed by atoms with Crippen LogP contribution in [0.1, 0.15) is 26.2 Å². The fourth-order valence-corrected chi connectivity index (χ4v) is 1.74. The van der Waals surface area contributed by atoms with E-state index in [0.29, 0.717) is 5.75 Å². The van der Waals surface area contributed by atoms with Gasteiger partial charge >= 0.3 is 0 Å². The van der Waals surface area contributed by atoms with Crippen molar-refractivity contribution in [2.75, 3.05) is 12.4 Å². The molecule has 0 rings (SSSR count). The zero-order valence-electron chi connectivity index (χ0n) is 8.24. The van der Waals surface area contributed by atoms with Crippen molar-refractivity contribution < 1.29 is 14.6 Å². The molecule has 0 amide bonds. The van der Waals surface area contributed by atoms with E-state index in [1.54, 1.807) is 0 Å². The number of hydrogen-bond acceptors (Lipinski definition) is 4. The number of thioether (sulfide) groups is 1. The smallest absolute Gasteiger partial charge is 0.153 e. The quantitative estimate of drug-likeness (QED) is 0.683. The summed E-state index contributed by atoms with van der Waals surface area (Å²) in [7, 11) is 0. The van der Waals surface area contributed by atoms with Gasteiger partial charge < -0.3 is 10.2 Å². The predicted molar refractivity (Wildman–Crippen MR) is 54.5 cm³/mol. The third-order valence-electron chi connectivity index (χ3n) is 1.75. The van der Waals surface area contributed by atoms with Crippen LogP contribution in [0.5, 0.6) is 0 Å². The van der Waals surface area contributed by atoms with Crippen LogP contribution in [0.25, 0.3) is 0 Å². The number of aliphatic hydroxyl groups is 2. The van der Waals surface area contributed by atoms with E-state index < -0.39 is 11.1 Å². The molecule has 0 aromatic carbocycles. The van der Waals surface area contributed by atoms with Gasteiger partial charge in [-0.1, -0.05) is 0 Å². The lowest BCUT2D eigenvalue weighted by molar-refractivity contribution is 0.148. The fourth-order valence-electron chi connectivity index (χ4n) is 0.962. The zero-order valence-corrected chi connectivity index (χ0v) is 9.06. The summed E-state index contributed by atoms with van der Waals surface area (Å²) in [4.78, 5) is 0. The van der Waals surface area contributed by atoms with Crippen LogP contribution in [0.4, 0.5) is 4.39 Å². The minimum atomic E-state index is -1.43. The molecule has 0 aliphatic rings. The number of halogens is 1. The van der Waals surface area contributed by atoms with Crippen molar-refractivity contribution in [3.05, 3.63) is 0 Å². The second-order valence-electron chi connectivity index (χ2n) is 3.23. The van der Waals surface area contributed by atoms with E-state index in [1.807, 2.05) is 6.07 Å². The van der Waals surface area contributed by atoms with Gasteiger partial charge in [0, 0.05) is 5.75 Å². The molecule has 2 N–H and O–H groups in total. The average molecular weight is 221 g/mol. The first-order valence-corrected chi connectivity index (χ1v) is 5.49. The maximum absolute atomic E-state index is 13.5. The van der Waals surface area contributed by atoms with Crippen molar-refractivity contribution in [1.82, 2.24) is 0 Å². The first kappa shape index (κ1) is 13.7. The van der Waals surface area contributed by atoms with Gasteiger partial charge in [-0.15, -0.1) is 11.8 Å². The highest BCUT2D eigenvalue weighted by atomic mass is 32.2. The molecule has 0 heterocycles. The summed E-state index contributed by atoms with van der Waals surface area (Å²) in [5.41, 5.74) is 0. The molecule has 0 radical (unpaired) electrons. The van der Waals surface area contributed by atoms with Gasteiger partial charge in [0.15, 0.2) is 5.00 Å². The number of aliphatic hydroxyl groups excluding tert-OH is 2. The van der Waals surface area contributed by atoms with E-state index in [0.717, 1.165) is 11.8 Å². The SMILES string of the molecule is CC(F)(CCC(O)CC#N)SCCO. The van der Waals surface area contributed by atoms with Crippen LogP contribution in [0.2, 0.25) is 0 Å². The van der Waals surface area contributed by atoms with E-state index in [1.165, 1.54) is 6.92 Å². The van der Waals surface area contributed by atoms with Crippen molar-refractivity contribution >= 4 is 11.8 Å². The lowest BCUT2D eigenvalue weighted by Crippen LogP contribution is -2.18. The summed E-state index contributed by atoms with van der Waals surface area (Å²) in [5.74, 6) is 0.349. The molecule has 0 saturated carbocycles. The van der Waals surface area contributed by atoms with Crippen molar-refractivity contribution in [1.29, 1.82) is 5.26 Å². The Kier molecular flexibility index (Phi) is 6.89. The van der Waals surface area contributed by atoms with E-state index >= 15 is 0 Å². The number of alkyl halides is 1. The van der Waals surface area contributed by atoms with Crippen molar-refractivity contribution in [3.63, 3.8) is 0 Å². The Bertz CT molecular complexity index is 194. The molecule has 0 aromatic rings. The van der Waals surface area contributed by atoms with Gasteiger partial charge in [-0.3, -0.25) is 0 Å². The normalized spacial score (nSPS) is 17.1. The Hall–Kier alpha value is -0.310. The van der Waals surface area contributed by atoms with Gasteiger partial charge in [0.25, 0.3) is 0 Å². The predicted octanol–water partition coefficient (Wildman–Crippen LogP) is 1.45. The van der Waals surface area contributed by atoms with Gasteiger partial charge in [0.1, 0.15) is 0 Å². The third kappa shape index (κ3) is 7.13. The van der Waals surface area contributed by atoms with Gasteiger partial charge in [-0.05, 0) is 19.8 Å². The topological polar surface area (TPSA) is 64.2 Å². The van der Waals surface area contributed by atoms with E-state index in [9.17, 15) is 9.50 Å². The van der Waals surface area contributed by atoms with Crippen LogP contribution in [0, 0.1) is 11.3 Å². The second-order valence-corrected chi connectivity index (χ2v) is 4.78. The lowest BCUT2D eigenvalue weighted by atomic mass is 10.1. The molecule has 14 heavy (non-hydrogen) atoms. The summed E-state index contributed by atoms with van der Waals surface area (Å²) in [5, 5.41) is 24.5. The Morgan fingerprint density at radius 2 is 2.29 bits per heavy atom. The van der Waals surface area contributed by atoms with Crippen LogP contribution in [0.3, 0.4) is 0 Å². The number of hydrogen-bond donors (Lipinski definition) is 2.